The molecule has 0 spiro atoms. The van der Waals surface area contributed by atoms with Gasteiger partial charge in [-0.25, -0.2) is 9.97 Å². The second kappa shape index (κ2) is 4.37. The highest BCUT2D eigenvalue weighted by atomic mass is 16.5. The Morgan fingerprint density at radius 3 is 2.82 bits per heavy atom. The molecule has 0 aliphatic heterocycles. The lowest BCUT2D eigenvalue weighted by Gasteiger charge is -2.06. The van der Waals surface area contributed by atoms with Crippen LogP contribution in [0.25, 0.3) is 10.9 Å². The van der Waals surface area contributed by atoms with Crippen LogP contribution in [-0.4, -0.2) is 22.9 Å². The van der Waals surface area contributed by atoms with Crippen molar-refractivity contribution in [3.8, 4) is 5.75 Å². The molecule has 1 heterocycles. The number of nitrogens with one attached hydrogen (secondary N) is 1. The summed E-state index contributed by atoms with van der Waals surface area (Å²) < 4.78 is 5.16. The number of aryl methyl sites for hydroxylation is 1. The van der Waals surface area contributed by atoms with Crippen molar-refractivity contribution in [2.75, 3.05) is 7.11 Å². The summed E-state index contributed by atoms with van der Waals surface area (Å²) in [5, 5.41) is 8.25. The maximum atomic E-state index is 7.26. The van der Waals surface area contributed by atoms with E-state index in [0.29, 0.717) is 5.82 Å². The van der Waals surface area contributed by atoms with Crippen LogP contribution >= 0.6 is 0 Å². The van der Waals surface area contributed by atoms with Crippen molar-refractivity contribution in [3.63, 3.8) is 0 Å². The summed E-state index contributed by atoms with van der Waals surface area (Å²) >= 11 is 0. The second-order valence-electron chi connectivity index (χ2n) is 3.81. The van der Waals surface area contributed by atoms with E-state index in [9.17, 15) is 0 Å². The number of hydrogen-bond donors (Lipinski definition) is 2. The van der Waals surface area contributed by atoms with Gasteiger partial charge in [-0.3, -0.25) is 5.41 Å². The Hall–Kier alpha value is -2.17. The molecule has 0 fully saturated rings. The van der Waals surface area contributed by atoms with Crippen LogP contribution in [0, 0.1) is 12.3 Å². The Kier molecular flexibility index (Phi) is 2.91. The quantitative estimate of drug-likeness (QED) is 0.617. The van der Waals surface area contributed by atoms with E-state index in [-0.39, 0.29) is 12.3 Å². The SMILES string of the molecule is COc1ccc2c(C)nc(CC(=N)N)nc2c1. The molecule has 0 aliphatic carbocycles. The van der Waals surface area contributed by atoms with Crippen LogP contribution in [-0.2, 0) is 6.42 Å². The molecule has 0 aliphatic rings. The molecular formula is C12H14N4O. The molecule has 1 aromatic heterocycles. The Morgan fingerprint density at radius 2 is 2.18 bits per heavy atom. The zero-order valence-corrected chi connectivity index (χ0v) is 9.82. The number of methoxy groups -OCH3 is 1. The molecule has 0 saturated heterocycles. The van der Waals surface area contributed by atoms with Crippen LogP contribution < -0.4 is 10.5 Å². The van der Waals surface area contributed by atoms with Crippen LogP contribution in [0.2, 0.25) is 0 Å². The van der Waals surface area contributed by atoms with Crippen molar-refractivity contribution >= 4 is 16.7 Å². The number of aromatic nitrogens is 2. The standard InChI is InChI=1S/C12H14N4O/c1-7-9-4-3-8(17-2)5-10(9)16-12(15-7)6-11(13)14/h3-5H,6H2,1-2H3,(H3,13,14). The zero-order chi connectivity index (χ0) is 12.4. The summed E-state index contributed by atoms with van der Waals surface area (Å²) in [6, 6.07) is 5.66. The van der Waals surface area contributed by atoms with Gasteiger partial charge in [0.15, 0.2) is 0 Å². The summed E-state index contributed by atoms with van der Waals surface area (Å²) in [7, 11) is 1.62. The summed E-state index contributed by atoms with van der Waals surface area (Å²) in [4.78, 5) is 8.70. The lowest BCUT2D eigenvalue weighted by Crippen LogP contribution is -2.15. The second-order valence-corrected chi connectivity index (χ2v) is 3.81. The number of amidine groups is 1. The van der Waals surface area contributed by atoms with Gasteiger partial charge in [-0.15, -0.1) is 0 Å². The van der Waals surface area contributed by atoms with E-state index in [1.165, 1.54) is 0 Å². The van der Waals surface area contributed by atoms with Gasteiger partial charge < -0.3 is 10.5 Å². The highest BCUT2D eigenvalue weighted by Gasteiger charge is 2.06. The van der Waals surface area contributed by atoms with Crippen LogP contribution in [0.15, 0.2) is 18.2 Å². The van der Waals surface area contributed by atoms with Gasteiger partial charge in [-0.05, 0) is 19.1 Å². The first-order valence-corrected chi connectivity index (χ1v) is 5.24. The van der Waals surface area contributed by atoms with Gasteiger partial charge in [0.05, 0.1) is 24.9 Å². The van der Waals surface area contributed by atoms with Crippen molar-refractivity contribution in [2.45, 2.75) is 13.3 Å². The van der Waals surface area contributed by atoms with Crippen molar-refractivity contribution < 1.29 is 4.74 Å². The third-order valence-electron chi connectivity index (χ3n) is 2.49. The molecule has 17 heavy (non-hydrogen) atoms. The predicted molar refractivity (Wildman–Crippen MR) is 66.4 cm³/mol. The molecule has 0 bridgehead atoms. The molecule has 5 heteroatoms. The molecule has 0 atom stereocenters. The summed E-state index contributed by atoms with van der Waals surface area (Å²) in [5.41, 5.74) is 7.05. The fourth-order valence-electron chi connectivity index (χ4n) is 1.70. The molecule has 2 rings (SSSR count). The van der Waals surface area contributed by atoms with E-state index in [0.717, 1.165) is 22.3 Å². The zero-order valence-electron chi connectivity index (χ0n) is 9.82. The van der Waals surface area contributed by atoms with Crippen molar-refractivity contribution in [3.05, 3.63) is 29.7 Å². The highest BCUT2D eigenvalue weighted by molar-refractivity contribution is 5.83. The van der Waals surface area contributed by atoms with Crippen molar-refractivity contribution in [2.24, 2.45) is 5.73 Å². The minimum atomic E-state index is 0.0617. The van der Waals surface area contributed by atoms with Crippen LogP contribution in [0.4, 0.5) is 0 Å². The molecule has 0 amide bonds. The van der Waals surface area contributed by atoms with E-state index < -0.39 is 0 Å². The number of nitrogens with two attached hydrogens (primary N) is 1. The van der Waals surface area contributed by atoms with Gasteiger partial charge in [-0.1, -0.05) is 0 Å². The fourth-order valence-corrected chi connectivity index (χ4v) is 1.70. The fraction of sp³-hybridized carbons (Fsp3) is 0.250. The molecular weight excluding hydrogens is 216 g/mol. The third-order valence-corrected chi connectivity index (χ3v) is 2.49. The number of benzene rings is 1. The molecule has 3 N–H and O–H groups in total. The van der Waals surface area contributed by atoms with E-state index in [1.54, 1.807) is 7.11 Å². The number of rotatable bonds is 3. The molecule has 0 unspecified atom stereocenters. The van der Waals surface area contributed by atoms with Crippen LogP contribution in [0.3, 0.4) is 0 Å². The number of hydrogen-bond acceptors (Lipinski definition) is 4. The molecule has 0 saturated carbocycles. The van der Waals surface area contributed by atoms with Crippen molar-refractivity contribution in [1.82, 2.24) is 9.97 Å². The minimum absolute atomic E-state index is 0.0617. The lowest BCUT2D eigenvalue weighted by atomic mass is 10.2. The number of ether oxygens (including phenoxy) is 1. The average Bonchev–Trinajstić information content (AvgIpc) is 2.27. The minimum Gasteiger partial charge on any atom is -0.497 e. The topological polar surface area (TPSA) is 84.9 Å². The first-order valence-electron chi connectivity index (χ1n) is 5.24. The Balaban J connectivity index is 2.57. The lowest BCUT2D eigenvalue weighted by molar-refractivity contribution is 0.415. The number of fused-ring (bicyclic) bond motifs is 1. The van der Waals surface area contributed by atoms with Crippen molar-refractivity contribution in [1.29, 1.82) is 5.41 Å². The first kappa shape index (κ1) is 11.3. The smallest absolute Gasteiger partial charge is 0.136 e. The molecule has 0 radical (unpaired) electrons. The summed E-state index contributed by atoms with van der Waals surface area (Å²) in [6.45, 7) is 1.92. The largest absolute Gasteiger partial charge is 0.497 e. The molecule has 1 aromatic carbocycles. The maximum Gasteiger partial charge on any atom is 0.136 e. The van der Waals surface area contributed by atoms with Crippen LogP contribution in [0.1, 0.15) is 11.5 Å². The maximum absolute atomic E-state index is 7.26. The van der Waals surface area contributed by atoms with Gasteiger partial charge in [0.25, 0.3) is 0 Å². The molecule has 2 aromatic rings. The van der Waals surface area contributed by atoms with Crippen LogP contribution in [0.5, 0.6) is 5.75 Å². The van der Waals surface area contributed by atoms with Gasteiger partial charge in [0.2, 0.25) is 0 Å². The highest BCUT2D eigenvalue weighted by Crippen LogP contribution is 2.21. The van der Waals surface area contributed by atoms with Gasteiger partial charge in [-0.2, -0.15) is 0 Å². The Labute approximate surface area is 99.2 Å². The summed E-state index contributed by atoms with van der Waals surface area (Å²) in [5.74, 6) is 1.38. The van der Waals surface area contributed by atoms with E-state index in [4.69, 9.17) is 15.9 Å². The van der Waals surface area contributed by atoms with E-state index in [2.05, 4.69) is 9.97 Å². The monoisotopic (exact) mass is 230 g/mol. The molecule has 88 valence electrons. The normalized spacial score (nSPS) is 10.5. The Bertz CT molecular complexity index is 580. The average molecular weight is 230 g/mol. The first-order chi connectivity index (χ1) is 8.10. The third kappa shape index (κ3) is 2.33. The van der Waals surface area contributed by atoms with Gasteiger partial charge >= 0.3 is 0 Å². The van der Waals surface area contributed by atoms with E-state index >= 15 is 0 Å². The number of nitrogens with zero attached hydrogens (tertiary/aromatic N) is 2. The van der Waals surface area contributed by atoms with E-state index in [1.807, 2.05) is 25.1 Å². The van der Waals surface area contributed by atoms with Gasteiger partial charge in [0, 0.05) is 17.1 Å². The summed E-state index contributed by atoms with van der Waals surface area (Å²) in [6.07, 6.45) is 0.272. The van der Waals surface area contributed by atoms with Gasteiger partial charge in [0.1, 0.15) is 11.6 Å². The predicted octanol–water partition coefficient (Wildman–Crippen LogP) is 1.43. The molecule has 5 nitrogen and oxygen atoms in total. The Morgan fingerprint density at radius 1 is 1.41 bits per heavy atom.